The lowest BCUT2D eigenvalue weighted by Crippen LogP contribution is -2.26. The number of halogens is 1. The van der Waals surface area contributed by atoms with Crippen LogP contribution in [-0.2, 0) is 11.2 Å². The number of carbonyl (C=O) groups is 1. The molecule has 0 bridgehead atoms. The molecule has 1 amide bonds. The number of benzene rings is 1. The number of alkyl halides is 1. The maximum absolute atomic E-state index is 10.9. The standard InChI is InChI=1S/C11H11ClN2O2/c12-6-11(15)13-4-3-8-1-2-9-10(5-8)16-7-14-9/h1-2,5,7H,3-4,6H2,(H,13,15). The molecule has 1 heterocycles. The van der Waals surface area contributed by atoms with Crippen molar-refractivity contribution >= 4 is 28.6 Å². The Balaban J connectivity index is 1.96. The van der Waals surface area contributed by atoms with E-state index in [2.05, 4.69) is 10.3 Å². The van der Waals surface area contributed by atoms with Gasteiger partial charge in [-0.05, 0) is 24.1 Å². The van der Waals surface area contributed by atoms with Crippen molar-refractivity contribution < 1.29 is 9.21 Å². The first kappa shape index (κ1) is 11.0. The van der Waals surface area contributed by atoms with Crippen LogP contribution in [0.3, 0.4) is 0 Å². The molecular weight excluding hydrogens is 228 g/mol. The lowest BCUT2D eigenvalue weighted by molar-refractivity contribution is -0.118. The summed E-state index contributed by atoms with van der Waals surface area (Å²) in [6, 6.07) is 5.80. The summed E-state index contributed by atoms with van der Waals surface area (Å²) in [5, 5.41) is 2.71. The van der Waals surface area contributed by atoms with Gasteiger partial charge in [0.1, 0.15) is 11.4 Å². The molecule has 0 aliphatic carbocycles. The van der Waals surface area contributed by atoms with Crippen LogP contribution in [-0.4, -0.2) is 23.3 Å². The van der Waals surface area contributed by atoms with Crippen LogP contribution in [0, 0.1) is 0 Å². The number of oxazole rings is 1. The molecule has 16 heavy (non-hydrogen) atoms. The van der Waals surface area contributed by atoms with Crippen LogP contribution < -0.4 is 5.32 Å². The molecule has 5 heteroatoms. The molecule has 0 radical (unpaired) electrons. The predicted octanol–water partition coefficient (Wildman–Crippen LogP) is 1.73. The maximum Gasteiger partial charge on any atom is 0.234 e. The predicted molar refractivity (Wildman–Crippen MR) is 61.4 cm³/mol. The summed E-state index contributed by atoms with van der Waals surface area (Å²) in [7, 11) is 0. The number of rotatable bonds is 4. The fourth-order valence-corrected chi connectivity index (χ4v) is 1.54. The molecule has 2 aromatic rings. The van der Waals surface area contributed by atoms with Crippen molar-refractivity contribution in [1.29, 1.82) is 0 Å². The first-order chi connectivity index (χ1) is 7.79. The Bertz CT molecular complexity index is 495. The topological polar surface area (TPSA) is 55.1 Å². The Morgan fingerprint density at radius 1 is 1.50 bits per heavy atom. The highest BCUT2D eigenvalue weighted by Crippen LogP contribution is 2.14. The minimum atomic E-state index is -0.151. The molecule has 0 spiro atoms. The zero-order valence-corrected chi connectivity index (χ0v) is 9.33. The summed E-state index contributed by atoms with van der Waals surface area (Å²) in [6.45, 7) is 0.575. The van der Waals surface area contributed by atoms with Crippen molar-refractivity contribution in [2.75, 3.05) is 12.4 Å². The highest BCUT2D eigenvalue weighted by atomic mass is 35.5. The summed E-state index contributed by atoms with van der Waals surface area (Å²) in [6.07, 6.45) is 2.17. The summed E-state index contributed by atoms with van der Waals surface area (Å²) >= 11 is 5.36. The fourth-order valence-electron chi connectivity index (χ4n) is 1.45. The van der Waals surface area contributed by atoms with Crippen LogP contribution in [0.1, 0.15) is 5.56 Å². The summed E-state index contributed by atoms with van der Waals surface area (Å²) < 4.78 is 5.19. The third kappa shape index (κ3) is 2.52. The van der Waals surface area contributed by atoms with Gasteiger partial charge in [-0.25, -0.2) is 4.98 Å². The number of hydrogen-bond acceptors (Lipinski definition) is 3. The Labute approximate surface area is 97.6 Å². The number of carbonyl (C=O) groups excluding carboxylic acids is 1. The van der Waals surface area contributed by atoms with E-state index >= 15 is 0 Å². The zero-order chi connectivity index (χ0) is 11.4. The molecule has 0 aliphatic rings. The molecule has 1 N–H and O–H groups in total. The van der Waals surface area contributed by atoms with Crippen LogP contribution in [0.4, 0.5) is 0 Å². The monoisotopic (exact) mass is 238 g/mol. The summed E-state index contributed by atoms with van der Waals surface area (Å²) in [5.41, 5.74) is 2.70. The molecule has 1 aromatic heterocycles. The number of nitrogens with one attached hydrogen (secondary N) is 1. The Kier molecular flexibility index (Phi) is 3.41. The van der Waals surface area contributed by atoms with Gasteiger partial charge in [-0.2, -0.15) is 0 Å². The fraction of sp³-hybridized carbons (Fsp3) is 0.273. The van der Waals surface area contributed by atoms with Gasteiger partial charge in [-0.3, -0.25) is 4.79 Å². The van der Waals surface area contributed by atoms with Gasteiger partial charge in [0.05, 0.1) is 0 Å². The average Bonchev–Trinajstić information content (AvgIpc) is 2.76. The minimum absolute atomic E-state index is 0.00113. The third-order valence-corrected chi connectivity index (χ3v) is 2.50. The van der Waals surface area contributed by atoms with E-state index in [4.69, 9.17) is 16.0 Å². The number of nitrogens with zero attached hydrogens (tertiary/aromatic N) is 1. The van der Waals surface area contributed by atoms with Crippen molar-refractivity contribution in [3.8, 4) is 0 Å². The number of amides is 1. The highest BCUT2D eigenvalue weighted by molar-refractivity contribution is 6.27. The van der Waals surface area contributed by atoms with E-state index in [0.717, 1.165) is 23.1 Å². The lowest BCUT2D eigenvalue weighted by Gasteiger charge is -2.02. The molecule has 4 nitrogen and oxygen atoms in total. The van der Waals surface area contributed by atoms with Crippen molar-refractivity contribution in [2.24, 2.45) is 0 Å². The van der Waals surface area contributed by atoms with E-state index in [-0.39, 0.29) is 11.8 Å². The molecular formula is C11H11ClN2O2. The van der Waals surface area contributed by atoms with Gasteiger partial charge in [0.25, 0.3) is 0 Å². The highest BCUT2D eigenvalue weighted by Gasteiger charge is 2.01. The molecule has 0 saturated heterocycles. The second kappa shape index (κ2) is 4.99. The van der Waals surface area contributed by atoms with Gasteiger partial charge in [0, 0.05) is 6.54 Å². The third-order valence-electron chi connectivity index (χ3n) is 2.25. The van der Waals surface area contributed by atoms with Crippen LogP contribution >= 0.6 is 11.6 Å². The average molecular weight is 239 g/mol. The van der Waals surface area contributed by atoms with Crippen molar-refractivity contribution in [2.45, 2.75) is 6.42 Å². The van der Waals surface area contributed by atoms with E-state index in [1.165, 1.54) is 6.39 Å². The van der Waals surface area contributed by atoms with E-state index in [9.17, 15) is 4.79 Å². The lowest BCUT2D eigenvalue weighted by atomic mass is 10.1. The zero-order valence-electron chi connectivity index (χ0n) is 8.57. The normalized spacial score (nSPS) is 10.6. The largest absolute Gasteiger partial charge is 0.443 e. The number of fused-ring (bicyclic) bond motifs is 1. The van der Waals surface area contributed by atoms with Gasteiger partial charge in [0.15, 0.2) is 12.0 Å². The SMILES string of the molecule is O=C(CCl)NCCc1ccc2ncoc2c1. The molecule has 0 atom stereocenters. The maximum atomic E-state index is 10.9. The molecule has 2 rings (SSSR count). The van der Waals surface area contributed by atoms with E-state index in [1.807, 2.05) is 18.2 Å². The van der Waals surface area contributed by atoms with Crippen molar-refractivity contribution in [3.05, 3.63) is 30.2 Å². The van der Waals surface area contributed by atoms with E-state index in [1.54, 1.807) is 0 Å². The van der Waals surface area contributed by atoms with Crippen molar-refractivity contribution in [1.82, 2.24) is 10.3 Å². The smallest absolute Gasteiger partial charge is 0.234 e. The van der Waals surface area contributed by atoms with Gasteiger partial charge in [0.2, 0.25) is 5.91 Å². The van der Waals surface area contributed by atoms with Crippen molar-refractivity contribution in [3.63, 3.8) is 0 Å². The first-order valence-corrected chi connectivity index (χ1v) is 5.48. The Morgan fingerprint density at radius 3 is 3.19 bits per heavy atom. The second-order valence-electron chi connectivity index (χ2n) is 3.39. The molecule has 1 aromatic carbocycles. The number of aromatic nitrogens is 1. The van der Waals surface area contributed by atoms with Gasteiger partial charge >= 0.3 is 0 Å². The quantitative estimate of drug-likeness (QED) is 0.826. The molecule has 0 saturated carbocycles. The Morgan fingerprint density at radius 2 is 2.38 bits per heavy atom. The van der Waals surface area contributed by atoms with E-state index < -0.39 is 0 Å². The molecule has 0 fully saturated rings. The Hall–Kier alpha value is -1.55. The van der Waals surface area contributed by atoms with Crippen LogP contribution in [0.25, 0.3) is 11.1 Å². The van der Waals surface area contributed by atoms with Gasteiger partial charge in [-0.1, -0.05) is 6.07 Å². The molecule has 0 aliphatic heterocycles. The number of hydrogen-bond donors (Lipinski definition) is 1. The van der Waals surface area contributed by atoms with E-state index in [0.29, 0.717) is 6.54 Å². The van der Waals surface area contributed by atoms with Gasteiger partial charge < -0.3 is 9.73 Å². The van der Waals surface area contributed by atoms with Crippen LogP contribution in [0.2, 0.25) is 0 Å². The summed E-state index contributed by atoms with van der Waals surface area (Å²) in [4.78, 5) is 14.9. The van der Waals surface area contributed by atoms with Crippen LogP contribution in [0.5, 0.6) is 0 Å². The van der Waals surface area contributed by atoms with Gasteiger partial charge in [-0.15, -0.1) is 11.6 Å². The summed E-state index contributed by atoms with van der Waals surface area (Å²) in [5.74, 6) is -0.149. The molecule has 0 unspecified atom stereocenters. The minimum Gasteiger partial charge on any atom is -0.443 e. The van der Waals surface area contributed by atoms with Crippen LogP contribution in [0.15, 0.2) is 29.0 Å². The second-order valence-corrected chi connectivity index (χ2v) is 3.66. The first-order valence-electron chi connectivity index (χ1n) is 4.94. The molecule has 84 valence electrons.